The van der Waals surface area contributed by atoms with E-state index in [0.29, 0.717) is 24.2 Å². The third kappa shape index (κ3) is 3.37. The molecule has 4 aliphatic rings. The van der Waals surface area contributed by atoms with Crippen LogP contribution in [0.25, 0.3) is 0 Å². The van der Waals surface area contributed by atoms with Crippen LogP contribution in [-0.4, -0.2) is 30.4 Å². The van der Waals surface area contributed by atoms with Crippen LogP contribution < -0.4 is 5.63 Å². The number of hydrogen-bond donors (Lipinski definition) is 0. The molecule has 0 N–H and O–H groups in total. The molecule has 186 valence electrons. The topological polar surface area (TPSA) is 92.0 Å². The Morgan fingerprint density at radius 1 is 1.09 bits per heavy atom. The molecule has 34 heavy (non-hydrogen) atoms. The van der Waals surface area contributed by atoms with Gasteiger partial charge in [-0.05, 0) is 86.7 Å². The van der Waals surface area contributed by atoms with Crippen LogP contribution in [0.15, 0.2) is 27.6 Å². The van der Waals surface area contributed by atoms with E-state index in [1.807, 2.05) is 0 Å². The number of rotatable bonds is 4. The minimum atomic E-state index is -0.721. The lowest BCUT2D eigenvalue weighted by atomic mass is 9.42. The summed E-state index contributed by atoms with van der Waals surface area (Å²) < 4.78 is 23.1. The molecule has 1 aromatic heterocycles. The van der Waals surface area contributed by atoms with Crippen molar-refractivity contribution < 1.29 is 28.2 Å². The minimum Gasteiger partial charge on any atom is -0.465 e. The molecule has 6 unspecified atom stereocenters. The molecule has 4 fully saturated rings. The van der Waals surface area contributed by atoms with E-state index in [1.54, 1.807) is 6.07 Å². The molecule has 2 heterocycles. The molecule has 3 saturated carbocycles. The summed E-state index contributed by atoms with van der Waals surface area (Å²) in [5.74, 6) is 0.764. The fraction of sp³-hybridized carbons (Fsp3) is 0.741. The van der Waals surface area contributed by atoms with Gasteiger partial charge >= 0.3 is 11.6 Å². The molecule has 0 radical (unpaired) electrons. The third-order valence-electron chi connectivity index (χ3n) is 10.4. The standard InChI is InChI=1S/C27H36O7/c1-16(29)33-24-23(17-5-8-22(30)31-14-17)26(3)12-10-20-21(27(26,4)34-24)7-6-18-13-19(32-15-28)9-11-25(18,20)2/h5,8,14-15,18-21,23-24H,6-7,9-13H2,1-4H3/t18?,19?,20?,21-,23?,24?,25?,26-,27+/m1/s1. The third-order valence-corrected chi connectivity index (χ3v) is 10.4. The summed E-state index contributed by atoms with van der Waals surface area (Å²) >= 11 is 0. The Bertz CT molecular complexity index is 998. The van der Waals surface area contributed by atoms with Gasteiger partial charge in [0.2, 0.25) is 6.29 Å². The van der Waals surface area contributed by atoms with Gasteiger partial charge in [0.05, 0.1) is 17.8 Å². The van der Waals surface area contributed by atoms with Gasteiger partial charge in [0.15, 0.2) is 0 Å². The van der Waals surface area contributed by atoms with Gasteiger partial charge in [-0.15, -0.1) is 0 Å². The van der Waals surface area contributed by atoms with Crippen molar-refractivity contribution in [1.29, 1.82) is 0 Å². The second-order valence-corrected chi connectivity index (χ2v) is 11.6. The second kappa shape index (κ2) is 8.21. The van der Waals surface area contributed by atoms with Crippen LogP contribution in [0.5, 0.6) is 0 Å². The van der Waals surface area contributed by atoms with Crippen molar-refractivity contribution in [3.8, 4) is 0 Å². The summed E-state index contributed by atoms with van der Waals surface area (Å²) in [6, 6.07) is 3.21. The number of ether oxygens (including phenoxy) is 3. The van der Waals surface area contributed by atoms with Gasteiger partial charge in [0, 0.05) is 18.4 Å². The number of carbonyl (C=O) groups is 2. The Hall–Kier alpha value is -2.15. The zero-order chi connectivity index (χ0) is 24.3. The SMILES string of the molecule is CC(=O)OC1O[C@@]2(C)[C@@H]3CCC4CC(OC=O)CCC4(C)C3CC[C@]2(C)C1c1ccc(=O)oc1. The van der Waals surface area contributed by atoms with Crippen LogP contribution in [-0.2, 0) is 23.8 Å². The molecule has 0 bridgehead atoms. The number of carbonyl (C=O) groups excluding carboxylic acids is 2. The Kier molecular flexibility index (Phi) is 5.70. The highest BCUT2D eigenvalue weighted by Gasteiger charge is 2.70. The lowest BCUT2D eigenvalue weighted by molar-refractivity contribution is -0.231. The van der Waals surface area contributed by atoms with Crippen molar-refractivity contribution in [2.75, 3.05) is 0 Å². The van der Waals surface area contributed by atoms with E-state index in [9.17, 15) is 14.4 Å². The summed E-state index contributed by atoms with van der Waals surface area (Å²) in [4.78, 5) is 34.6. The molecule has 0 spiro atoms. The van der Waals surface area contributed by atoms with Gasteiger partial charge in [-0.25, -0.2) is 4.79 Å². The van der Waals surface area contributed by atoms with E-state index >= 15 is 0 Å². The molecule has 7 heteroatoms. The van der Waals surface area contributed by atoms with E-state index in [0.717, 1.165) is 50.5 Å². The number of esters is 1. The van der Waals surface area contributed by atoms with Gasteiger partial charge in [-0.1, -0.05) is 13.8 Å². The van der Waals surface area contributed by atoms with Crippen molar-refractivity contribution in [3.05, 3.63) is 34.4 Å². The summed E-state index contributed by atoms with van der Waals surface area (Å²) in [7, 11) is 0. The second-order valence-electron chi connectivity index (χ2n) is 11.6. The van der Waals surface area contributed by atoms with Crippen LogP contribution >= 0.6 is 0 Å². The van der Waals surface area contributed by atoms with Gasteiger partial charge in [0.1, 0.15) is 6.10 Å². The molecule has 7 nitrogen and oxygen atoms in total. The van der Waals surface area contributed by atoms with Crippen LogP contribution in [0.3, 0.4) is 0 Å². The molecule has 3 aliphatic carbocycles. The van der Waals surface area contributed by atoms with Crippen LogP contribution in [0.2, 0.25) is 0 Å². The lowest BCUT2D eigenvalue weighted by Gasteiger charge is -2.63. The maximum atomic E-state index is 12.0. The lowest BCUT2D eigenvalue weighted by Crippen LogP contribution is -2.61. The Morgan fingerprint density at radius 3 is 2.56 bits per heavy atom. The summed E-state index contributed by atoms with van der Waals surface area (Å²) in [5, 5.41) is 0. The van der Waals surface area contributed by atoms with E-state index in [4.69, 9.17) is 18.6 Å². The molecule has 0 aromatic carbocycles. The first-order valence-corrected chi connectivity index (χ1v) is 12.7. The molecule has 1 saturated heterocycles. The number of hydrogen-bond acceptors (Lipinski definition) is 7. The molecule has 1 aliphatic heterocycles. The predicted octanol–water partition coefficient (Wildman–Crippen LogP) is 4.58. The average Bonchev–Trinajstić information content (AvgIpc) is 3.01. The number of fused-ring (bicyclic) bond motifs is 5. The quantitative estimate of drug-likeness (QED) is 0.468. The van der Waals surface area contributed by atoms with E-state index in [2.05, 4.69) is 20.8 Å². The maximum absolute atomic E-state index is 12.0. The normalized spacial score (nSPS) is 45.4. The highest BCUT2D eigenvalue weighted by molar-refractivity contribution is 5.66. The van der Waals surface area contributed by atoms with E-state index in [-0.39, 0.29) is 28.8 Å². The highest BCUT2D eigenvalue weighted by atomic mass is 16.7. The van der Waals surface area contributed by atoms with Crippen LogP contribution in [0.1, 0.15) is 84.1 Å². The smallest absolute Gasteiger partial charge is 0.335 e. The van der Waals surface area contributed by atoms with Crippen LogP contribution in [0, 0.1) is 28.6 Å². The van der Waals surface area contributed by atoms with Crippen LogP contribution in [0.4, 0.5) is 0 Å². The molecular weight excluding hydrogens is 436 g/mol. The summed E-state index contributed by atoms with van der Waals surface area (Å²) in [6.45, 7) is 8.90. The molecular formula is C27H36O7. The fourth-order valence-electron chi connectivity index (χ4n) is 8.50. The van der Waals surface area contributed by atoms with Gasteiger partial charge in [0.25, 0.3) is 6.47 Å². The van der Waals surface area contributed by atoms with Crippen molar-refractivity contribution in [1.82, 2.24) is 0 Å². The molecule has 5 rings (SSSR count). The van der Waals surface area contributed by atoms with Crippen molar-refractivity contribution >= 4 is 12.4 Å². The Morgan fingerprint density at radius 2 is 1.88 bits per heavy atom. The molecule has 9 atom stereocenters. The highest BCUT2D eigenvalue weighted by Crippen LogP contribution is 2.70. The summed E-state index contributed by atoms with van der Waals surface area (Å²) in [5.41, 5.74) is -0.157. The van der Waals surface area contributed by atoms with Crippen molar-refractivity contribution in [2.24, 2.45) is 28.6 Å². The Balaban J connectivity index is 1.50. The first-order chi connectivity index (χ1) is 16.1. The average molecular weight is 473 g/mol. The zero-order valence-electron chi connectivity index (χ0n) is 20.6. The first-order valence-electron chi connectivity index (χ1n) is 12.7. The molecule has 0 amide bonds. The monoisotopic (exact) mass is 472 g/mol. The van der Waals surface area contributed by atoms with Crippen molar-refractivity contribution in [2.45, 2.75) is 96.6 Å². The Labute approximate surface area is 200 Å². The first kappa shape index (κ1) is 23.6. The predicted molar refractivity (Wildman–Crippen MR) is 123 cm³/mol. The molecule has 1 aromatic rings. The van der Waals surface area contributed by atoms with Gasteiger partial charge < -0.3 is 18.6 Å². The summed E-state index contributed by atoms with van der Waals surface area (Å²) in [6.07, 6.45) is 7.83. The largest absolute Gasteiger partial charge is 0.465 e. The van der Waals surface area contributed by atoms with E-state index < -0.39 is 17.5 Å². The van der Waals surface area contributed by atoms with Gasteiger partial charge in [-0.2, -0.15) is 0 Å². The fourth-order valence-corrected chi connectivity index (χ4v) is 8.50. The van der Waals surface area contributed by atoms with Gasteiger partial charge in [-0.3, -0.25) is 9.59 Å². The minimum absolute atomic E-state index is 0.0322. The maximum Gasteiger partial charge on any atom is 0.335 e. The van der Waals surface area contributed by atoms with E-state index in [1.165, 1.54) is 19.3 Å². The van der Waals surface area contributed by atoms with Crippen molar-refractivity contribution in [3.63, 3.8) is 0 Å². The zero-order valence-corrected chi connectivity index (χ0v) is 20.6.